The van der Waals surface area contributed by atoms with Crippen molar-refractivity contribution in [2.24, 2.45) is 13.0 Å². The Balaban J connectivity index is 0.000000423. The van der Waals surface area contributed by atoms with Gasteiger partial charge >= 0.3 is 0 Å². The molecule has 0 saturated carbocycles. The molecular formula is C13H22N2. The monoisotopic (exact) mass is 206 g/mol. The molecule has 1 aromatic heterocycles. The van der Waals surface area contributed by atoms with Gasteiger partial charge in [0.15, 0.2) is 0 Å². The summed E-state index contributed by atoms with van der Waals surface area (Å²) in [4.78, 5) is 0. The van der Waals surface area contributed by atoms with Crippen LogP contribution in [0.15, 0.2) is 24.8 Å². The standard InChI is InChI=1S/C9H12N2.C4H10/c1-4-5-6-9-7-8(2)10-11(9)3;1-4(2)3/h4-7H,1H2,2-3H3;4H,1-3H3/b6-5-;. The van der Waals surface area contributed by atoms with E-state index in [1.165, 1.54) is 0 Å². The molecule has 0 aromatic carbocycles. The Hall–Kier alpha value is -1.31. The highest BCUT2D eigenvalue weighted by atomic mass is 15.3. The molecule has 0 radical (unpaired) electrons. The normalized spacial score (nSPS) is 10.3. The maximum atomic E-state index is 4.20. The van der Waals surface area contributed by atoms with Crippen LogP contribution in [0.5, 0.6) is 0 Å². The molecule has 2 heteroatoms. The van der Waals surface area contributed by atoms with Crippen molar-refractivity contribution in [2.45, 2.75) is 27.7 Å². The predicted octanol–water partition coefficient (Wildman–Crippen LogP) is 3.59. The lowest BCUT2D eigenvalue weighted by Crippen LogP contribution is -1.92. The highest BCUT2D eigenvalue weighted by Gasteiger charge is 1.95. The number of rotatable bonds is 2. The van der Waals surface area contributed by atoms with Gasteiger partial charge in [0.05, 0.1) is 11.4 Å². The Kier molecular flexibility index (Phi) is 6.43. The topological polar surface area (TPSA) is 17.8 Å². The number of aromatic nitrogens is 2. The minimum atomic E-state index is 0.833. The van der Waals surface area contributed by atoms with Crippen LogP contribution in [0.25, 0.3) is 6.08 Å². The minimum absolute atomic E-state index is 0.833. The maximum Gasteiger partial charge on any atom is 0.0609 e. The van der Waals surface area contributed by atoms with Gasteiger partial charge in [-0.25, -0.2) is 0 Å². The largest absolute Gasteiger partial charge is 0.268 e. The lowest BCUT2D eigenvalue weighted by Gasteiger charge is -1.90. The highest BCUT2D eigenvalue weighted by molar-refractivity contribution is 5.47. The van der Waals surface area contributed by atoms with Crippen LogP contribution in [0.2, 0.25) is 0 Å². The van der Waals surface area contributed by atoms with Gasteiger partial charge in [-0.1, -0.05) is 39.5 Å². The number of hydrogen-bond acceptors (Lipinski definition) is 1. The Bertz CT molecular complexity index is 317. The number of hydrogen-bond donors (Lipinski definition) is 0. The van der Waals surface area contributed by atoms with Crippen molar-refractivity contribution in [3.05, 3.63) is 36.2 Å². The van der Waals surface area contributed by atoms with Gasteiger partial charge in [-0.15, -0.1) is 0 Å². The number of aryl methyl sites for hydroxylation is 2. The van der Waals surface area contributed by atoms with E-state index in [0.29, 0.717) is 0 Å². The lowest BCUT2D eigenvalue weighted by atomic mass is 10.3. The molecule has 0 N–H and O–H groups in total. The smallest absolute Gasteiger partial charge is 0.0609 e. The summed E-state index contributed by atoms with van der Waals surface area (Å²) in [5, 5.41) is 4.20. The van der Waals surface area contributed by atoms with Gasteiger partial charge in [-0.05, 0) is 25.0 Å². The van der Waals surface area contributed by atoms with Gasteiger partial charge in [0.2, 0.25) is 0 Å². The fraction of sp³-hybridized carbons (Fsp3) is 0.462. The second kappa shape index (κ2) is 7.04. The molecule has 1 rings (SSSR count). The first-order valence-electron chi connectivity index (χ1n) is 5.27. The third-order valence-electron chi connectivity index (χ3n) is 1.44. The van der Waals surface area contributed by atoms with Crippen LogP contribution in [0.1, 0.15) is 32.2 Å². The molecule has 0 atom stereocenters. The SMILES string of the molecule is C=C/C=C\c1cc(C)nn1C.CC(C)C. The first-order valence-corrected chi connectivity index (χ1v) is 5.27. The molecule has 0 bridgehead atoms. The van der Waals surface area contributed by atoms with Gasteiger partial charge in [0.1, 0.15) is 0 Å². The zero-order valence-corrected chi connectivity index (χ0v) is 10.5. The Morgan fingerprint density at radius 3 is 2.27 bits per heavy atom. The molecule has 1 heterocycles. The predicted molar refractivity (Wildman–Crippen MR) is 67.7 cm³/mol. The van der Waals surface area contributed by atoms with Crippen LogP contribution >= 0.6 is 0 Å². The highest BCUT2D eigenvalue weighted by Crippen LogP contribution is 2.03. The van der Waals surface area contributed by atoms with E-state index in [4.69, 9.17) is 0 Å². The Morgan fingerprint density at radius 1 is 1.40 bits per heavy atom. The number of nitrogens with zero attached hydrogens (tertiary/aromatic N) is 2. The van der Waals surface area contributed by atoms with E-state index in [0.717, 1.165) is 17.3 Å². The molecule has 0 aliphatic heterocycles. The lowest BCUT2D eigenvalue weighted by molar-refractivity contribution is 0.737. The van der Waals surface area contributed by atoms with Crippen molar-refractivity contribution in [1.82, 2.24) is 9.78 Å². The second-order valence-electron chi connectivity index (χ2n) is 4.16. The summed E-state index contributed by atoms with van der Waals surface area (Å²) in [6.45, 7) is 12.1. The molecule has 0 fully saturated rings. The molecule has 0 saturated heterocycles. The van der Waals surface area contributed by atoms with Gasteiger partial charge in [0, 0.05) is 7.05 Å². The van der Waals surface area contributed by atoms with Crippen molar-refractivity contribution < 1.29 is 0 Å². The number of allylic oxidation sites excluding steroid dienone is 2. The second-order valence-corrected chi connectivity index (χ2v) is 4.16. The zero-order valence-electron chi connectivity index (χ0n) is 10.5. The van der Waals surface area contributed by atoms with Crippen molar-refractivity contribution >= 4 is 6.08 Å². The van der Waals surface area contributed by atoms with Crippen molar-refractivity contribution in [2.75, 3.05) is 0 Å². The van der Waals surface area contributed by atoms with Gasteiger partial charge < -0.3 is 0 Å². The van der Waals surface area contributed by atoms with Crippen molar-refractivity contribution in [3.63, 3.8) is 0 Å². The molecule has 1 aromatic rings. The molecule has 0 aliphatic carbocycles. The van der Waals surface area contributed by atoms with Crippen LogP contribution in [0.3, 0.4) is 0 Å². The molecular weight excluding hydrogens is 184 g/mol. The van der Waals surface area contributed by atoms with E-state index >= 15 is 0 Å². The third-order valence-corrected chi connectivity index (χ3v) is 1.44. The molecule has 0 amide bonds. The van der Waals surface area contributed by atoms with Gasteiger partial charge in [-0.2, -0.15) is 5.10 Å². The van der Waals surface area contributed by atoms with Crippen molar-refractivity contribution in [3.8, 4) is 0 Å². The zero-order chi connectivity index (χ0) is 11.8. The van der Waals surface area contributed by atoms with Crippen LogP contribution in [0.4, 0.5) is 0 Å². The molecule has 0 spiro atoms. The van der Waals surface area contributed by atoms with Gasteiger partial charge in [0.25, 0.3) is 0 Å². The summed E-state index contributed by atoms with van der Waals surface area (Å²) >= 11 is 0. The molecule has 0 unspecified atom stereocenters. The summed E-state index contributed by atoms with van der Waals surface area (Å²) in [6.07, 6.45) is 5.63. The maximum absolute atomic E-state index is 4.20. The summed E-state index contributed by atoms with van der Waals surface area (Å²) < 4.78 is 1.84. The summed E-state index contributed by atoms with van der Waals surface area (Å²) in [5.74, 6) is 0.833. The summed E-state index contributed by atoms with van der Waals surface area (Å²) in [6, 6.07) is 2.03. The summed E-state index contributed by atoms with van der Waals surface area (Å²) in [5.41, 5.74) is 2.14. The van der Waals surface area contributed by atoms with Crippen molar-refractivity contribution in [1.29, 1.82) is 0 Å². The molecule has 15 heavy (non-hydrogen) atoms. The average molecular weight is 206 g/mol. The summed E-state index contributed by atoms with van der Waals surface area (Å²) in [7, 11) is 1.93. The average Bonchev–Trinajstić information content (AvgIpc) is 2.40. The fourth-order valence-corrected chi connectivity index (χ4v) is 0.953. The van der Waals surface area contributed by atoms with Crippen LogP contribution in [-0.2, 0) is 7.05 Å². The fourth-order valence-electron chi connectivity index (χ4n) is 0.953. The Labute approximate surface area is 93.3 Å². The van der Waals surface area contributed by atoms with E-state index in [-0.39, 0.29) is 0 Å². The van der Waals surface area contributed by atoms with Crippen LogP contribution in [-0.4, -0.2) is 9.78 Å². The first kappa shape index (κ1) is 13.7. The van der Waals surface area contributed by atoms with E-state index in [2.05, 4.69) is 32.4 Å². The molecule has 0 aliphatic rings. The third kappa shape index (κ3) is 6.72. The Morgan fingerprint density at radius 2 is 1.93 bits per heavy atom. The first-order chi connectivity index (χ1) is 6.97. The van der Waals surface area contributed by atoms with Gasteiger partial charge in [-0.3, -0.25) is 4.68 Å². The van der Waals surface area contributed by atoms with E-state index in [1.807, 2.05) is 36.9 Å². The van der Waals surface area contributed by atoms with E-state index in [1.54, 1.807) is 6.08 Å². The molecule has 84 valence electrons. The van der Waals surface area contributed by atoms with E-state index < -0.39 is 0 Å². The van der Waals surface area contributed by atoms with Crippen LogP contribution < -0.4 is 0 Å². The minimum Gasteiger partial charge on any atom is -0.268 e. The molecule has 2 nitrogen and oxygen atoms in total. The van der Waals surface area contributed by atoms with Crippen LogP contribution in [0, 0.1) is 12.8 Å². The quantitative estimate of drug-likeness (QED) is 0.676. The van der Waals surface area contributed by atoms with E-state index in [9.17, 15) is 0 Å².